The van der Waals surface area contributed by atoms with Crippen LogP contribution in [-0.4, -0.2) is 16.7 Å². The highest BCUT2D eigenvalue weighted by molar-refractivity contribution is 5.78. The Hall–Kier alpha value is -1.52. The van der Waals surface area contributed by atoms with Crippen molar-refractivity contribution in [2.45, 2.75) is 32.9 Å². The Bertz CT molecular complexity index is 297. The van der Waals surface area contributed by atoms with E-state index in [0.29, 0.717) is 18.3 Å². The zero-order chi connectivity index (χ0) is 10.6. The molecule has 0 atom stereocenters. The first-order valence-corrected chi connectivity index (χ1v) is 4.45. The maximum atomic E-state index is 5.65. The normalized spacial score (nSPS) is 12.9. The van der Waals surface area contributed by atoms with Crippen LogP contribution in [0.2, 0.25) is 0 Å². The number of nitrogens with zero attached hydrogens (tertiary/aromatic N) is 2. The van der Waals surface area contributed by atoms with Crippen molar-refractivity contribution in [2.24, 2.45) is 10.7 Å². The van der Waals surface area contributed by atoms with Crippen molar-refractivity contribution in [1.82, 2.24) is 10.5 Å². The second-order valence-corrected chi connectivity index (χ2v) is 4.06. The number of rotatable bonds is 2. The first kappa shape index (κ1) is 10.6. The van der Waals surface area contributed by atoms with E-state index in [-0.39, 0.29) is 5.54 Å². The molecule has 0 fully saturated rings. The van der Waals surface area contributed by atoms with Gasteiger partial charge in [-0.25, -0.2) is 4.99 Å². The average molecular weight is 196 g/mol. The summed E-state index contributed by atoms with van der Waals surface area (Å²) < 4.78 is 4.87. The van der Waals surface area contributed by atoms with Crippen LogP contribution in [0, 0.1) is 0 Å². The molecule has 1 aromatic heterocycles. The molecular formula is C9H16N4O. The van der Waals surface area contributed by atoms with Crippen LogP contribution in [0.15, 0.2) is 21.8 Å². The lowest BCUT2D eigenvalue weighted by Gasteiger charge is -2.20. The van der Waals surface area contributed by atoms with Crippen LogP contribution in [0.4, 0.5) is 0 Å². The molecule has 0 saturated carbocycles. The molecule has 0 aromatic carbocycles. The minimum absolute atomic E-state index is 0.0744. The predicted molar refractivity (Wildman–Crippen MR) is 54.7 cm³/mol. The number of aromatic nitrogens is 1. The fourth-order valence-electron chi connectivity index (χ4n) is 0.911. The molecule has 0 radical (unpaired) electrons. The van der Waals surface area contributed by atoms with Crippen LogP contribution in [-0.2, 0) is 6.54 Å². The van der Waals surface area contributed by atoms with Crippen molar-refractivity contribution in [2.75, 3.05) is 0 Å². The van der Waals surface area contributed by atoms with Gasteiger partial charge in [-0.3, -0.25) is 0 Å². The predicted octanol–water partition coefficient (Wildman–Crippen LogP) is 0.877. The number of nitrogens with one attached hydrogen (secondary N) is 1. The fourth-order valence-corrected chi connectivity index (χ4v) is 0.911. The Morgan fingerprint density at radius 3 is 2.86 bits per heavy atom. The van der Waals surface area contributed by atoms with E-state index in [0.717, 1.165) is 0 Å². The molecule has 0 spiro atoms. The maximum Gasteiger partial charge on any atom is 0.189 e. The number of nitrogens with two attached hydrogens (primary N) is 1. The van der Waals surface area contributed by atoms with Crippen molar-refractivity contribution in [3.63, 3.8) is 0 Å². The Kier molecular flexibility index (Phi) is 3.11. The largest absolute Gasteiger partial charge is 0.370 e. The lowest BCUT2D eigenvalue weighted by Crippen LogP contribution is -2.44. The van der Waals surface area contributed by atoms with E-state index >= 15 is 0 Å². The molecule has 0 aliphatic carbocycles. The van der Waals surface area contributed by atoms with Gasteiger partial charge in [0.05, 0.1) is 6.20 Å². The third kappa shape index (κ3) is 3.93. The van der Waals surface area contributed by atoms with Crippen molar-refractivity contribution in [3.05, 3.63) is 18.0 Å². The Morgan fingerprint density at radius 1 is 1.64 bits per heavy atom. The van der Waals surface area contributed by atoms with Crippen LogP contribution in [0.5, 0.6) is 0 Å². The fraction of sp³-hybridized carbons (Fsp3) is 0.556. The molecule has 78 valence electrons. The zero-order valence-corrected chi connectivity index (χ0v) is 8.74. The minimum atomic E-state index is -0.0744. The Balaban J connectivity index is 2.45. The number of aliphatic imine (C=N–C) groups is 1. The molecular weight excluding hydrogens is 180 g/mol. The summed E-state index contributed by atoms with van der Waals surface area (Å²) in [5.74, 6) is 1.11. The van der Waals surface area contributed by atoms with Crippen molar-refractivity contribution in [1.29, 1.82) is 0 Å². The lowest BCUT2D eigenvalue weighted by atomic mass is 10.1. The first-order valence-electron chi connectivity index (χ1n) is 4.45. The highest BCUT2D eigenvalue weighted by atomic mass is 16.5. The van der Waals surface area contributed by atoms with Gasteiger partial charge < -0.3 is 15.6 Å². The van der Waals surface area contributed by atoms with Gasteiger partial charge in [-0.15, -0.1) is 0 Å². The number of guanidine groups is 1. The van der Waals surface area contributed by atoms with E-state index in [9.17, 15) is 0 Å². The van der Waals surface area contributed by atoms with Gasteiger partial charge in [0.25, 0.3) is 0 Å². The molecule has 0 aliphatic rings. The van der Waals surface area contributed by atoms with Gasteiger partial charge in [0.2, 0.25) is 0 Å². The minimum Gasteiger partial charge on any atom is -0.370 e. The first-order chi connectivity index (χ1) is 6.47. The van der Waals surface area contributed by atoms with E-state index in [1.807, 2.05) is 20.8 Å². The Morgan fingerprint density at radius 2 is 2.36 bits per heavy atom. The van der Waals surface area contributed by atoms with Gasteiger partial charge in [-0.1, -0.05) is 5.16 Å². The second-order valence-electron chi connectivity index (χ2n) is 4.06. The molecule has 0 aliphatic heterocycles. The molecule has 0 saturated heterocycles. The van der Waals surface area contributed by atoms with Crippen molar-refractivity contribution >= 4 is 5.96 Å². The van der Waals surface area contributed by atoms with E-state index in [1.165, 1.54) is 0 Å². The summed E-state index contributed by atoms with van der Waals surface area (Å²) >= 11 is 0. The number of hydrogen-bond acceptors (Lipinski definition) is 3. The summed E-state index contributed by atoms with van der Waals surface area (Å²) in [6, 6.07) is 1.76. The standard InChI is InChI=1S/C9H16N4O/c1-9(2,3)13-8(10)11-6-7-4-5-12-14-7/h4-5H,6H2,1-3H3,(H3,10,11,13). The van der Waals surface area contributed by atoms with Crippen LogP contribution >= 0.6 is 0 Å². The van der Waals surface area contributed by atoms with E-state index in [4.69, 9.17) is 10.3 Å². The molecule has 1 heterocycles. The molecule has 0 amide bonds. The van der Waals surface area contributed by atoms with E-state index < -0.39 is 0 Å². The summed E-state index contributed by atoms with van der Waals surface area (Å²) in [6.45, 7) is 6.46. The van der Waals surface area contributed by atoms with Gasteiger partial charge in [-0.05, 0) is 20.8 Å². The highest BCUT2D eigenvalue weighted by Crippen LogP contribution is 2.00. The summed E-state index contributed by atoms with van der Waals surface area (Å²) in [7, 11) is 0. The summed E-state index contributed by atoms with van der Waals surface area (Å²) in [4.78, 5) is 4.10. The third-order valence-corrected chi connectivity index (χ3v) is 1.40. The topological polar surface area (TPSA) is 76.4 Å². The lowest BCUT2D eigenvalue weighted by molar-refractivity contribution is 0.384. The molecule has 5 heteroatoms. The molecule has 0 bridgehead atoms. The second kappa shape index (κ2) is 4.13. The molecule has 1 rings (SSSR count). The summed E-state index contributed by atoms with van der Waals surface area (Å²) in [5.41, 5.74) is 5.58. The SMILES string of the molecule is CC(C)(C)NC(N)=NCc1ccno1. The molecule has 14 heavy (non-hydrogen) atoms. The Labute approximate surface area is 83.4 Å². The summed E-state index contributed by atoms with van der Waals surface area (Å²) in [5, 5.41) is 6.62. The van der Waals surface area contributed by atoms with E-state index in [2.05, 4.69) is 15.5 Å². The van der Waals surface area contributed by atoms with Crippen LogP contribution in [0.25, 0.3) is 0 Å². The maximum absolute atomic E-state index is 5.65. The smallest absolute Gasteiger partial charge is 0.189 e. The number of hydrogen-bond donors (Lipinski definition) is 2. The van der Waals surface area contributed by atoms with Crippen molar-refractivity contribution in [3.8, 4) is 0 Å². The van der Waals surface area contributed by atoms with Gasteiger partial charge in [-0.2, -0.15) is 0 Å². The average Bonchev–Trinajstić information content (AvgIpc) is 2.49. The molecule has 5 nitrogen and oxygen atoms in total. The van der Waals surface area contributed by atoms with Crippen molar-refractivity contribution < 1.29 is 4.52 Å². The monoisotopic (exact) mass is 196 g/mol. The molecule has 0 unspecified atom stereocenters. The highest BCUT2D eigenvalue weighted by Gasteiger charge is 2.09. The van der Waals surface area contributed by atoms with Gasteiger partial charge in [0, 0.05) is 11.6 Å². The molecule has 3 N–H and O–H groups in total. The van der Waals surface area contributed by atoms with Gasteiger partial charge in [0.15, 0.2) is 11.7 Å². The quantitative estimate of drug-likeness (QED) is 0.543. The summed E-state index contributed by atoms with van der Waals surface area (Å²) in [6.07, 6.45) is 1.58. The van der Waals surface area contributed by atoms with Crippen LogP contribution in [0.3, 0.4) is 0 Å². The molecule has 1 aromatic rings. The zero-order valence-electron chi connectivity index (χ0n) is 8.74. The van der Waals surface area contributed by atoms with Crippen LogP contribution < -0.4 is 11.1 Å². The van der Waals surface area contributed by atoms with Crippen LogP contribution in [0.1, 0.15) is 26.5 Å². The third-order valence-electron chi connectivity index (χ3n) is 1.40. The van der Waals surface area contributed by atoms with E-state index in [1.54, 1.807) is 12.3 Å². The van der Waals surface area contributed by atoms with Gasteiger partial charge >= 0.3 is 0 Å². The van der Waals surface area contributed by atoms with Gasteiger partial charge in [0.1, 0.15) is 6.54 Å².